The predicted octanol–water partition coefficient (Wildman–Crippen LogP) is 5.16. The van der Waals surface area contributed by atoms with E-state index in [9.17, 15) is 9.59 Å². The van der Waals surface area contributed by atoms with Crippen molar-refractivity contribution in [2.75, 3.05) is 5.32 Å². The highest BCUT2D eigenvalue weighted by atomic mass is 16.2. The lowest BCUT2D eigenvalue weighted by atomic mass is 9.71. The van der Waals surface area contributed by atoms with Crippen LogP contribution in [0.5, 0.6) is 0 Å². The number of hydrogen-bond acceptors (Lipinski definition) is 4. The topological polar surface area (TPSA) is 76.3 Å². The van der Waals surface area contributed by atoms with Crippen molar-refractivity contribution in [2.45, 2.75) is 44.9 Å². The smallest absolute Gasteiger partial charge is 0.269 e. The number of nitrogens with zero attached hydrogens (tertiary/aromatic N) is 3. The first-order valence-corrected chi connectivity index (χ1v) is 10.6. The van der Waals surface area contributed by atoms with E-state index in [1.807, 2.05) is 63.2 Å². The minimum absolute atomic E-state index is 0.0439. The van der Waals surface area contributed by atoms with Crippen LogP contribution < -0.4 is 5.32 Å². The zero-order chi connectivity index (χ0) is 22.9. The van der Waals surface area contributed by atoms with Crippen LogP contribution in [0.15, 0.2) is 54.7 Å². The molecule has 1 aromatic carbocycles. The van der Waals surface area contributed by atoms with Gasteiger partial charge in [0.1, 0.15) is 11.5 Å². The maximum absolute atomic E-state index is 12.8. The van der Waals surface area contributed by atoms with E-state index in [1.165, 1.54) is 0 Å². The Bertz CT molecular complexity index is 1240. The molecule has 2 atom stereocenters. The van der Waals surface area contributed by atoms with Crippen LogP contribution >= 0.6 is 0 Å². The summed E-state index contributed by atoms with van der Waals surface area (Å²) in [4.78, 5) is 37.3. The summed E-state index contributed by atoms with van der Waals surface area (Å²) in [6.45, 7) is 13.0. The van der Waals surface area contributed by atoms with Gasteiger partial charge >= 0.3 is 0 Å². The molecule has 2 aromatic heterocycles. The molecule has 0 saturated carbocycles. The summed E-state index contributed by atoms with van der Waals surface area (Å²) in [5.74, 6) is 0.856. The van der Waals surface area contributed by atoms with Gasteiger partial charge in [-0.15, -0.1) is 4.98 Å². The molecule has 0 aliphatic carbocycles. The van der Waals surface area contributed by atoms with Crippen LogP contribution in [0, 0.1) is 13.5 Å². The standard InChI is InChI=1S/C26H24N4O2/c1-16-14-18(15-23(27-4)29-16)7-12-22(31)20-10-8-19(9-11-20)17(2)26(3)21-6-5-13-28-24(21)30-25(26)32/h5-6,8-11,13-15,17H,7,12H2,1-3H3,(H,28,30,32)/t17-,26-/m1/s1. The number of ketones is 1. The molecule has 6 heteroatoms. The van der Waals surface area contributed by atoms with Crippen LogP contribution in [-0.4, -0.2) is 21.7 Å². The lowest BCUT2D eigenvalue weighted by Gasteiger charge is -2.30. The second kappa shape index (κ2) is 8.35. The lowest BCUT2D eigenvalue weighted by molar-refractivity contribution is -0.120. The Morgan fingerprint density at radius 3 is 2.69 bits per heavy atom. The van der Waals surface area contributed by atoms with Gasteiger partial charge in [-0.1, -0.05) is 49.4 Å². The molecule has 0 saturated heterocycles. The number of pyridine rings is 2. The minimum Gasteiger partial charge on any atom is -0.361 e. The number of fused-ring (bicyclic) bond motifs is 1. The molecule has 0 bridgehead atoms. The Morgan fingerprint density at radius 2 is 1.97 bits per heavy atom. The number of carbonyl (C=O) groups is 2. The first-order valence-electron chi connectivity index (χ1n) is 10.6. The molecule has 0 spiro atoms. The van der Waals surface area contributed by atoms with Crippen molar-refractivity contribution >= 4 is 23.3 Å². The van der Waals surface area contributed by atoms with Crippen molar-refractivity contribution in [2.24, 2.45) is 0 Å². The zero-order valence-electron chi connectivity index (χ0n) is 18.3. The molecule has 1 N–H and O–H groups in total. The predicted molar refractivity (Wildman–Crippen MR) is 123 cm³/mol. The third-order valence-corrected chi connectivity index (χ3v) is 6.42. The summed E-state index contributed by atoms with van der Waals surface area (Å²) < 4.78 is 0. The molecule has 1 aliphatic rings. The van der Waals surface area contributed by atoms with Crippen molar-refractivity contribution in [3.05, 3.63) is 94.1 Å². The molecule has 3 aromatic rings. The average Bonchev–Trinajstić information content (AvgIpc) is 3.07. The van der Waals surface area contributed by atoms with E-state index >= 15 is 0 Å². The molecule has 0 fully saturated rings. The second-order valence-electron chi connectivity index (χ2n) is 8.41. The number of benzene rings is 1. The number of aromatic nitrogens is 2. The van der Waals surface area contributed by atoms with E-state index in [1.54, 1.807) is 12.3 Å². The number of anilines is 1. The van der Waals surface area contributed by atoms with Crippen LogP contribution in [0.25, 0.3) is 4.85 Å². The van der Waals surface area contributed by atoms with Crippen molar-refractivity contribution in [3.8, 4) is 0 Å². The van der Waals surface area contributed by atoms with Gasteiger partial charge in [0, 0.05) is 30.7 Å². The summed E-state index contributed by atoms with van der Waals surface area (Å²) in [5, 5.41) is 2.89. The number of rotatable bonds is 6. The van der Waals surface area contributed by atoms with Gasteiger partial charge in [-0.05, 0) is 43.0 Å². The van der Waals surface area contributed by atoms with E-state index in [-0.39, 0.29) is 17.6 Å². The third kappa shape index (κ3) is 3.78. The fourth-order valence-corrected chi connectivity index (χ4v) is 4.33. The van der Waals surface area contributed by atoms with E-state index in [0.717, 1.165) is 22.4 Å². The normalized spacial score (nSPS) is 17.9. The maximum atomic E-state index is 12.8. The van der Waals surface area contributed by atoms with Crippen LogP contribution in [0.1, 0.15) is 58.9 Å². The average molecular weight is 425 g/mol. The maximum Gasteiger partial charge on any atom is 0.269 e. The molecule has 160 valence electrons. The van der Waals surface area contributed by atoms with E-state index in [0.29, 0.717) is 30.0 Å². The van der Waals surface area contributed by atoms with Gasteiger partial charge < -0.3 is 10.2 Å². The first kappa shape index (κ1) is 21.4. The summed E-state index contributed by atoms with van der Waals surface area (Å²) in [6, 6.07) is 14.9. The Hall–Kier alpha value is -3.85. The quantitative estimate of drug-likeness (QED) is 0.438. The van der Waals surface area contributed by atoms with Crippen LogP contribution in [0.4, 0.5) is 11.6 Å². The van der Waals surface area contributed by atoms with Gasteiger partial charge in [-0.2, -0.15) is 0 Å². The molecule has 0 unspecified atom stereocenters. The molecule has 3 heterocycles. The Labute approximate surface area is 187 Å². The summed E-state index contributed by atoms with van der Waals surface area (Å²) >= 11 is 0. The summed E-state index contributed by atoms with van der Waals surface area (Å²) in [7, 11) is 0. The summed E-state index contributed by atoms with van der Waals surface area (Å²) in [5.41, 5.74) is 3.51. The zero-order valence-corrected chi connectivity index (χ0v) is 18.3. The molecule has 6 nitrogen and oxygen atoms in total. The van der Waals surface area contributed by atoms with E-state index < -0.39 is 5.41 Å². The van der Waals surface area contributed by atoms with Gasteiger partial charge in [0.2, 0.25) is 5.91 Å². The molecule has 1 aliphatic heterocycles. The fraction of sp³-hybridized carbons (Fsp3) is 0.269. The van der Waals surface area contributed by atoms with Crippen LogP contribution in [0.3, 0.4) is 0 Å². The Balaban J connectivity index is 1.48. The number of hydrogen-bond donors (Lipinski definition) is 1. The van der Waals surface area contributed by atoms with Gasteiger partial charge in [0.15, 0.2) is 5.78 Å². The number of Topliss-reactive ketones (excluding diaryl/α,β-unsaturated/α-hetero) is 1. The SMILES string of the molecule is [C-]#[N+]c1cc(CCC(=O)c2ccc([C@@H](C)[C@@]3(C)C(=O)Nc4ncccc43)cc2)cc(C)n1. The monoisotopic (exact) mass is 424 g/mol. The molecule has 0 radical (unpaired) electrons. The molecule has 4 rings (SSSR count). The van der Waals surface area contributed by atoms with Gasteiger partial charge in [-0.25, -0.2) is 4.98 Å². The second-order valence-corrected chi connectivity index (χ2v) is 8.41. The third-order valence-electron chi connectivity index (χ3n) is 6.42. The van der Waals surface area contributed by atoms with Crippen molar-refractivity contribution in [1.82, 2.24) is 9.97 Å². The highest BCUT2D eigenvalue weighted by Gasteiger charge is 2.47. The van der Waals surface area contributed by atoms with Crippen LogP contribution in [-0.2, 0) is 16.6 Å². The Morgan fingerprint density at radius 1 is 1.22 bits per heavy atom. The molecular weight excluding hydrogens is 400 g/mol. The first-order chi connectivity index (χ1) is 15.3. The highest BCUT2D eigenvalue weighted by molar-refractivity contribution is 6.05. The molecular formula is C26H24N4O2. The van der Waals surface area contributed by atoms with Crippen molar-refractivity contribution < 1.29 is 9.59 Å². The number of nitrogens with one attached hydrogen (secondary N) is 1. The van der Waals surface area contributed by atoms with E-state index in [4.69, 9.17) is 6.57 Å². The Kier molecular flexibility index (Phi) is 5.58. The van der Waals surface area contributed by atoms with E-state index in [2.05, 4.69) is 20.1 Å². The molecule has 32 heavy (non-hydrogen) atoms. The van der Waals surface area contributed by atoms with Gasteiger partial charge in [-0.3, -0.25) is 9.59 Å². The minimum atomic E-state index is -0.727. The fourth-order valence-electron chi connectivity index (χ4n) is 4.33. The van der Waals surface area contributed by atoms with Gasteiger partial charge in [0.05, 0.1) is 5.41 Å². The highest BCUT2D eigenvalue weighted by Crippen LogP contribution is 2.45. The largest absolute Gasteiger partial charge is 0.361 e. The molecule has 1 amide bonds. The number of amides is 1. The number of carbonyl (C=O) groups excluding carboxylic acids is 2. The van der Waals surface area contributed by atoms with Crippen molar-refractivity contribution in [1.29, 1.82) is 0 Å². The van der Waals surface area contributed by atoms with Crippen molar-refractivity contribution in [3.63, 3.8) is 0 Å². The number of aryl methyl sites for hydroxylation is 2. The van der Waals surface area contributed by atoms with Gasteiger partial charge in [0.25, 0.3) is 5.82 Å². The summed E-state index contributed by atoms with van der Waals surface area (Å²) in [6.07, 6.45) is 2.59. The lowest BCUT2D eigenvalue weighted by Crippen LogP contribution is -2.36. The van der Waals surface area contributed by atoms with Crippen LogP contribution in [0.2, 0.25) is 0 Å².